The first-order chi connectivity index (χ1) is 12.3. The van der Waals surface area contributed by atoms with Crippen molar-refractivity contribution in [2.45, 2.75) is 30.3 Å². The summed E-state index contributed by atoms with van der Waals surface area (Å²) in [6, 6.07) is 5.04. The van der Waals surface area contributed by atoms with E-state index in [1.807, 2.05) is 0 Å². The first-order valence-electron chi connectivity index (χ1n) is 8.27. The molecule has 1 fully saturated rings. The molecule has 0 aromatic heterocycles. The van der Waals surface area contributed by atoms with E-state index in [4.69, 9.17) is 4.74 Å². The number of anilines is 1. The number of morpholine rings is 1. The topological polar surface area (TPSA) is 126 Å². The number of sulfonamides is 1. The minimum Gasteiger partial charge on any atom is -0.378 e. The summed E-state index contributed by atoms with van der Waals surface area (Å²) in [5, 5.41) is 8.40. The molecule has 1 aromatic carbocycles. The number of hydrogen-bond acceptors (Lipinski definition) is 6. The van der Waals surface area contributed by atoms with Gasteiger partial charge in [0.25, 0.3) is 0 Å². The summed E-state index contributed by atoms with van der Waals surface area (Å²) in [5.74, 6) is -0.702. The van der Waals surface area contributed by atoms with Crippen LogP contribution in [-0.4, -0.2) is 59.1 Å². The lowest BCUT2D eigenvalue weighted by molar-refractivity contribution is -0.127. The van der Waals surface area contributed by atoms with Crippen molar-refractivity contribution in [3.63, 3.8) is 0 Å². The Kier molecular flexibility index (Phi) is 9.13. The Bertz CT molecular complexity index is 753. The van der Waals surface area contributed by atoms with Crippen LogP contribution in [-0.2, 0) is 24.3 Å². The Balaban J connectivity index is 0.00000364. The molecule has 1 heterocycles. The largest absolute Gasteiger partial charge is 0.378 e. The smallest absolute Gasteiger partial charge is 0.246 e. The highest BCUT2D eigenvalue weighted by Crippen LogP contribution is 2.15. The molecule has 2 unspecified atom stereocenters. The maximum absolute atomic E-state index is 12.2. The van der Waals surface area contributed by atoms with Crippen molar-refractivity contribution in [3.8, 4) is 0 Å². The van der Waals surface area contributed by atoms with Crippen molar-refractivity contribution in [1.82, 2.24) is 15.4 Å². The normalized spacial score (nSPS) is 18.1. The Labute approximate surface area is 165 Å². The van der Waals surface area contributed by atoms with Crippen LogP contribution in [0.25, 0.3) is 0 Å². The summed E-state index contributed by atoms with van der Waals surface area (Å²) in [4.78, 5) is 24.3. The number of nitrogens with one attached hydrogen (secondary N) is 4. The van der Waals surface area contributed by atoms with E-state index < -0.39 is 22.0 Å². The second kappa shape index (κ2) is 10.6. The molecule has 9 nitrogen and oxygen atoms in total. The molecule has 2 rings (SSSR count). The lowest BCUT2D eigenvalue weighted by Gasteiger charge is -2.24. The van der Waals surface area contributed by atoms with Crippen molar-refractivity contribution >= 4 is 39.9 Å². The molecule has 1 aliphatic rings. The number of halogens is 1. The fourth-order valence-corrected chi connectivity index (χ4v) is 3.23. The molecule has 1 aliphatic heterocycles. The number of benzene rings is 1. The highest BCUT2D eigenvalue weighted by Gasteiger charge is 2.21. The molecule has 0 aliphatic carbocycles. The van der Waals surface area contributed by atoms with Crippen LogP contribution >= 0.6 is 12.4 Å². The molecule has 27 heavy (non-hydrogen) atoms. The maximum Gasteiger partial charge on any atom is 0.246 e. The first-order valence-corrected chi connectivity index (χ1v) is 9.75. The number of carbonyl (C=O) groups excluding carboxylic acids is 2. The maximum atomic E-state index is 12.2. The second-order valence-electron chi connectivity index (χ2n) is 5.94. The van der Waals surface area contributed by atoms with E-state index >= 15 is 0 Å². The monoisotopic (exact) mass is 420 g/mol. The van der Waals surface area contributed by atoms with E-state index in [9.17, 15) is 18.0 Å². The minimum atomic E-state index is -3.60. The van der Waals surface area contributed by atoms with E-state index in [1.54, 1.807) is 13.0 Å². The van der Waals surface area contributed by atoms with Crippen LogP contribution < -0.4 is 20.7 Å². The number of rotatable bonds is 7. The molecule has 0 bridgehead atoms. The molecule has 152 valence electrons. The lowest BCUT2D eigenvalue weighted by Crippen LogP contribution is -2.47. The Hall–Kier alpha value is -1.72. The molecule has 0 saturated carbocycles. The SMILES string of the molecule is CNS(=O)(=O)c1cccc(NC(=O)C(C)NC(=O)CC2COCCN2)c1.Cl. The predicted octanol–water partition coefficient (Wildman–Crippen LogP) is -0.162. The number of ether oxygens (including phenoxy) is 1. The molecular formula is C16H25ClN4O5S. The van der Waals surface area contributed by atoms with Crippen LogP contribution in [0.15, 0.2) is 29.2 Å². The number of amides is 2. The average Bonchev–Trinajstić information content (AvgIpc) is 2.62. The molecule has 2 amide bonds. The summed E-state index contributed by atoms with van der Waals surface area (Å²) >= 11 is 0. The third kappa shape index (κ3) is 7.07. The molecule has 1 aromatic rings. The lowest BCUT2D eigenvalue weighted by atomic mass is 10.2. The van der Waals surface area contributed by atoms with Crippen LogP contribution in [0, 0.1) is 0 Å². The molecule has 1 saturated heterocycles. The zero-order valence-corrected chi connectivity index (χ0v) is 16.8. The highest BCUT2D eigenvalue weighted by molar-refractivity contribution is 7.89. The molecule has 0 radical (unpaired) electrons. The predicted molar refractivity (Wildman–Crippen MR) is 103 cm³/mol. The van der Waals surface area contributed by atoms with Crippen molar-refractivity contribution in [2.24, 2.45) is 0 Å². The summed E-state index contributed by atoms with van der Waals surface area (Å²) < 4.78 is 31.1. The van der Waals surface area contributed by atoms with Gasteiger partial charge in [-0.1, -0.05) is 6.07 Å². The van der Waals surface area contributed by atoms with Crippen molar-refractivity contribution in [3.05, 3.63) is 24.3 Å². The minimum absolute atomic E-state index is 0. The van der Waals surface area contributed by atoms with Crippen LogP contribution in [0.5, 0.6) is 0 Å². The molecule has 2 atom stereocenters. The van der Waals surface area contributed by atoms with E-state index in [0.717, 1.165) is 0 Å². The van der Waals surface area contributed by atoms with E-state index in [1.165, 1.54) is 25.2 Å². The fraction of sp³-hybridized carbons (Fsp3) is 0.500. The first kappa shape index (κ1) is 23.3. The van der Waals surface area contributed by atoms with Gasteiger partial charge in [0.15, 0.2) is 0 Å². The van der Waals surface area contributed by atoms with Gasteiger partial charge in [-0.15, -0.1) is 12.4 Å². The van der Waals surface area contributed by atoms with Gasteiger partial charge < -0.3 is 20.7 Å². The summed E-state index contributed by atoms with van der Waals surface area (Å²) in [6.07, 6.45) is 0.216. The molecular weight excluding hydrogens is 396 g/mol. The van der Waals surface area contributed by atoms with Crippen molar-refractivity contribution in [2.75, 3.05) is 32.1 Å². The van der Waals surface area contributed by atoms with Crippen molar-refractivity contribution < 1.29 is 22.7 Å². The van der Waals surface area contributed by atoms with E-state index in [-0.39, 0.29) is 35.7 Å². The fourth-order valence-electron chi connectivity index (χ4n) is 2.45. The molecule has 4 N–H and O–H groups in total. The summed E-state index contributed by atoms with van der Waals surface area (Å²) in [6.45, 7) is 3.34. The summed E-state index contributed by atoms with van der Waals surface area (Å²) in [7, 11) is -2.29. The van der Waals surface area contributed by atoms with Gasteiger partial charge in [-0.05, 0) is 32.2 Å². The Morgan fingerprint density at radius 1 is 1.37 bits per heavy atom. The van der Waals surface area contributed by atoms with E-state index in [0.29, 0.717) is 25.4 Å². The van der Waals surface area contributed by atoms with Gasteiger partial charge in [-0.3, -0.25) is 9.59 Å². The zero-order chi connectivity index (χ0) is 19.2. The van der Waals surface area contributed by atoms with Gasteiger partial charge in [0.1, 0.15) is 6.04 Å². The zero-order valence-electron chi connectivity index (χ0n) is 15.2. The van der Waals surface area contributed by atoms with Crippen LogP contribution in [0.4, 0.5) is 5.69 Å². The van der Waals surface area contributed by atoms with Gasteiger partial charge in [-0.2, -0.15) is 0 Å². The number of carbonyl (C=O) groups is 2. The van der Waals surface area contributed by atoms with Gasteiger partial charge in [0.05, 0.1) is 18.1 Å². The molecule has 0 spiro atoms. The van der Waals surface area contributed by atoms with Gasteiger partial charge in [-0.25, -0.2) is 13.1 Å². The number of hydrogen-bond donors (Lipinski definition) is 4. The quantitative estimate of drug-likeness (QED) is 0.485. The van der Waals surface area contributed by atoms with Crippen molar-refractivity contribution in [1.29, 1.82) is 0 Å². The summed E-state index contributed by atoms with van der Waals surface area (Å²) in [5.41, 5.74) is 0.328. The molecule has 11 heteroatoms. The highest BCUT2D eigenvalue weighted by atomic mass is 35.5. The van der Waals surface area contributed by atoms with Crippen LogP contribution in [0.2, 0.25) is 0 Å². The second-order valence-corrected chi connectivity index (χ2v) is 7.83. The standard InChI is InChI=1S/C16H24N4O5S.ClH/c1-11(19-15(21)9-13-10-25-7-6-18-13)16(22)20-12-4-3-5-14(8-12)26(23,24)17-2;/h3-5,8,11,13,17-18H,6-7,9-10H2,1-2H3,(H,19,21)(H,20,22);1H. The average molecular weight is 421 g/mol. The van der Waals surface area contributed by atoms with Crippen LogP contribution in [0.3, 0.4) is 0 Å². The van der Waals surface area contributed by atoms with Gasteiger partial charge in [0.2, 0.25) is 21.8 Å². The third-order valence-corrected chi connectivity index (χ3v) is 5.29. The van der Waals surface area contributed by atoms with Crippen LogP contribution in [0.1, 0.15) is 13.3 Å². The van der Waals surface area contributed by atoms with Gasteiger partial charge >= 0.3 is 0 Å². The Morgan fingerprint density at radius 3 is 2.74 bits per heavy atom. The van der Waals surface area contributed by atoms with E-state index in [2.05, 4.69) is 20.7 Å². The van der Waals surface area contributed by atoms with Gasteiger partial charge in [0, 0.05) is 24.7 Å². The third-order valence-electron chi connectivity index (χ3n) is 3.88. The Morgan fingerprint density at radius 2 is 2.11 bits per heavy atom.